The topological polar surface area (TPSA) is 29.5 Å². The Morgan fingerprint density at radius 2 is 2.00 bits per heavy atom. The van der Waals surface area contributed by atoms with Gasteiger partial charge in [-0.1, -0.05) is 17.7 Å². The van der Waals surface area contributed by atoms with E-state index in [9.17, 15) is 4.79 Å². The number of piperidine rings is 1. The van der Waals surface area contributed by atoms with Gasteiger partial charge in [-0.2, -0.15) is 0 Å². The zero-order chi connectivity index (χ0) is 13.8. The fourth-order valence-electron chi connectivity index (χ4n) is 2.31. The summed E-state index contributed by atoms with van der Waals surface area (Å²) in [5, 5.41) is 0.623. The number of likely N-dealkylation sites (tertiary alicyclic amines) is 1. The number of aryl methyl sites for hydroxylation is 1. The van der Waals surface area contributed by atoms with E-state index in [2.05, 4.69) is 0 Å². The summed E-state index contributed by atoms with van der Waals surface area (Å²) in [5.74, 6) is 0.754. The monoisotopic (exact) mass is 281 g/mol. The molecule has 0 N–H and O–H groups in total. The van der Waals surface area contributed by atoms with Gasteiger partial charge in [-0.15, -0.1) is 0 Å². The second-order valence-corrected chi connectivity index (χ2v) is 5.49. The van der Waals surface area contributed by atoms with E-state index in [1.54, 1.807) is 13.0 Å². The third-order valence-corrected chi connectivity index (χ3v) is 3.70. The molecule has 0 saturated carbocycles. The number of carbonyl (C=O) groups is 1. The van der Waals surface area contributed by atoms with Gasteiger partial charge in [0.2, 0.25) is 0 Å². The number of carbonyl (C=O) groups excluding carboxylic acids is 1. The first kappa shape index (κ1) is 14.2. The Labute approximate surface area is 119 Å². The summed E-state index contributed by atoms with van der Waals surface area (Å²) in [6, 6.07) is 5.48. The van der Waals surface area contributed by atoms with Crippen molar-refractivity contribution in [2.24, 2.45) is 0 Å². The van der Waals surface area contributed by atoms with Gasteiger partial charge in [0.1, 0.15) is 5.75 Å². The molecule has 1 saturated heterocycles. The normalized spacial score (nSPS) is 17.1. The largest absolute Gasteiger partial charge is 0.481 e. The lowest BCUT2D eigenvalue weighted by Crippen LogP contribution is -2.43. The molecule has 4 heteroatoms. The first-order valence-corrected chi connectivity index (χ1v) is 7.17. The van der Waals surface area contributed by atoms with Crippen LogP contribution >= 0.6 is 11.6 Å². The van der Waals surface area contributed by atoms with E-state index in [4.69, 9.17) is 16.3 Å². The number of benzene rings is 1. The van der Waals surface area contributed by atoms with E-state index < -0.39 is 6.10 Å². The minimum absolute atomic E-state index is 0.0686. The number of ether oxygens (including phenoxy) is 1. The Kier molecular flexibility index (Phi) is 4.70. The fraction of sp³-hybridized carbons (Fsp3) is 0.533. The second kappa shape index (κ2) is 6.29. The predicted molar refractivity (Wildman–Crippen MR) is 76.7 cm³/mol. The molecule has 19 heavy (non-hydrogen) atoms. The predicted octanol–water partition coefficient (Wildman–Crippen LogP) is 3.43. The average molecular weight is 282 g/mol. The minimum Gasteiger partial charge on any atom is -0.481 e. The lowest BCUT2D eigenvalue weighted by atomic mass is 10.1. The van der Waals surface area contributed by atoms with E-state index >= 15 is 0 Å². The van der Waals surface area contributed by atoms with Gasteiger partial charge in [0.15, 0.2) is 6.10 Å². The molecule has 0 aliphatic carbocycles. The van der Waals surface area contributed by atoms with Crippen LogP contribution in [0.1, 0.15) is 31.7 Å². The molecule has 0 spiro atoms. The van der Waals surface area contributed by atoms with Gasteiger partial charge in [-0.05, 0) is 50.8 Å². The molecule has 1 unspecified atom stereocenters. The van der Waals surface area contributed by atoms with Crippen molar-refractivity contribution in [3.05, 3.63) is 28.8 Å². The molecule has 0 aromatic heterocycles. The molecule has 3 nitrogen and oxygen atoms in total. The van der Waals surface area contributed by atoms with E-state index in [1.807, 2.05) is 24.0 Å². The summed E-state index contributed by atoms with van der Waals surface area (Å²) in [6.07, 6.45) is 2.94. The van der Waals surface area contributed by atoms with Gasteiger partial charge < -0.3 is 9.64 Å². The molecule has 1 heterocycles. The van der Waals surface area contributed by atoms with Crippen LogP contribution in [-0.4, -0.2) is 30.0 Å². The maximum Gasteiger partial charge on any atom is 0.263 e. The van der Waals surface area contributed by atoms with Crippen LogP contribution in [0.5, 0.6) is 5.75 Å². The van der Waals surface area contributed by atoms with Crippen molar-refractivity contribution in [1.82, 2.24) is 4.90 Å². The smallest absolute Gasteiger partial charge is 0.263 e. The first-order valence-electron chi connectivity index (χ1n) is 6.79. The maximum absolute atomic E-state index is 12.3. The molecule has 1 aromatic carbocycles. The van der Waals surface area contributed by atoms with Gasteiger partial charge in [-0.3, -0.25) is 4.79 Å². The van der Waals surface area contributed by atoms with Crippen LogP contribution in [-0.2, 0) is 4.79 Å². The minimum atomic E-state index is -0.463. The zero-order valence-corrected chi connectivity index (χ0v) is 12.2. The fourth-order valence-corrected chi connectivity index (χ4v) is 2.48. The average Bonchev–Trinajstić information content (AvgIpc) is 2.43. The van der Waals surface area contributed by atoms with Crippen molar-refractivity contribution in [2.75, 3.05) is 13.1 Å². The van der Waals surface area contributed by atoms with Crippen LogP contribution in [0.25, 0.3) is 0 Å². The highest BCUT2D eigenvalue weighted by Gasteiger charge is 2.23. The van der Waals surface area contributed by atoms with Gasteiger partial charge in [0.25, 0.3) is 5.91 Å². The van der Waals surface area contributed by atoms with Crippen LogP contribution in [0, 0.1) is 6.92 Å². The summed E-state index contributed by atoms with van der Waals surface area (Å²) in [4.78, 5) is 14.2. The molecule has 1 aliphatic heterocycles. The zero-order valence-electron chi connectivity index (χ0n) is 11.5. The number of amides is 1. The molecular formula is C15H20ClNO2. The maximum atomic E-state index is 12.3. The third kappa shape index (κ3) is 3.63. The molecule has 1 amide bonds. The highest BCUT2D eigenvalue weighted by molar-refractivity contribution is 6.30. The van der Waals surface area contributed by atoms with Crippen molar-refractivity contribution >= 4 is 17.5 Å². The number of rotatable bonds is 3. The second-order valence-electron chi connectivity index (χ2n) is 5.06. The highest BCUT2D eigenvalue weighted by atomic mass is 35.5. The van der Waals surface area contributed by atoms with E-state index in [1.165, 1.54) is 6.42 Å². The molecular weight excluding hydrogens is 262 g/mol. The standard InChI is InChI=1S/C15H20ClNO2/c1-11-6-7-13(16)10-14(11)19-12(2)15(18)17-8-4-3-5-9-17/h6-7,10,12H,3-5,8-9H2,1-2H3. The lowest BCUT2D eigenvalue weighted by molar-refractivity contribution is -0.138. The van der Waals surface area contributed by atoms with Crippen molar-refractivity contribution < 1.29 is 9.53 Å². The summed E-state index contributed by atoms with van der Waals surface area (Å²) in [6.45, 7) is 5.45. The van der Waals surface area contributed by atoms with Gasteiger partial charge in [-0.25, -0.2) is 0 Å². The number of halogens is 1. The summed E-state index contributed by atoms with van der Waals surface area (Å²) in [7, 11) is 0. The number of hydrogen-bond acceptors (Lipinski definition) is 2. The van der Waals surface area contributed by atoms with Crippen LogP contribution in [0.4, 0.5) is 0 Å². The van der Waals surface area contributed by atoms with Crippen molar-refractivity contribution in [1.29, 1.82) is 0 Å². The van der Waals surface area contributed by atoms with E-state index in [0.717, 1.165) is 31.5 Å². The molecule has 1 fully saturated rings. The van der Waals surface area contributed by atoms with Gasteiger partial charge in [0, 0.05) is 18.1 Å². The van der Waals surface area contributed by atoms with Gasteiger partial charge in [0.05, 0.1) is 0 Å². The van der Waals surface area contributed by atoms with Crippen LogP contribution in [0.2, 0.25) is 5.02 Å². The Balaban J connectivity index is 2.01. The van der Waals surface area contributed by atoms with Crippen molar-refractivity contribution in [3.63, 3.8) is 0 Å². The Hall–Kier alpha value is -1.22. The van der Waals surface area contributed by atoms with Crippen molar-refractivity contribution in [2.45, 2.75) is 39.2 Å². The lowest BCUT2D eigenvalue weighted by Gasteiger charge is -2.29. The summed E-state index contributed by atoms with van der Waals surface area (Å²) >= 11 is 5.95. The number of hydrogen-bond donors (Lipinski definition) is 0. The third-order valence-electron chi connectivity index (χ3n) is 3.47. The first-order chi connectivity index (χ1) is 9.08. The Morgan fingerprint density at radius 1 is 1.32 bits per heavy atom. The number of nitrogens with zero attached hydrogens (tertiary/aromatic N) is 1. The molecule has 104 valence electrons. The highest BCUT2D eigenvalue weighted by Crippen LogP contribution is 2.24. The van der Waals surface area contributed by atoms with Crippen molar-refractivity contribution in [3.8, 4) is 5.75 Å². The molecule has 1 atom stereocenters. The van der Waals surface area contributed by atoms with E-state index in [0.29, 0.717) is 10.8 Å². The Bertz CT molecular complexity index is 455. The quantitative estimate of drug-likeness (QED) is 0.849. The van der Waals surface area contributed by atoms with Crippen LogP contribution in [0.3, 0.4) is 0 Å². The van der Waals surface area contributed by atoms with Crippen LogP contribution in [0.15, 0.2) is 18.2 Å². The van der Waals surface area contributed by atoms with Gasteiger partial charge >= 0.3 is 0 Å². The Morgan fingerprint density at radius 3 is 2.68 bits per heavy atom. The SMILES string of the molecule is Cc1ccc(Cl)cc1OC(C)C(=O)N1CCCCC1. The summed E-state index contributed by atoms with van der Waals surface area (Å²) in [5.41, 5.74) is 0.989. The molecule has 0 bridgehead atoms. The molecule has 1 aromatic rings. The van der Waals surface area contributed by atoms with E-state index in [-0.39, 0.29) is 5.91 Å². The van der Waals surface area contributed by atoms with Crippen LogP contribution < -0.4 is 4.74 Å². The summed E-state index contributed by atoms with van der Waals surface area (Å²) < 4.78 is 5.77. The molecule has 1 aliphatic rings. The molecule has 2 rings (SSSR count). The molecule has 0 radical (unpaired) electrons.